The molecule has 0 radical (unpaired) electrons. The summed E-state index contributed by atoms with van der Waals surface area (Å²) in [5.41, 5.74) is 2.99. The summed E-state index contributed by atoms with van der Waals surface area (Å²) in [7, 11) is 0. The minimum atomic E-state index is -0.348. The van der Waals surface area contributed by atoms with Crippen molar-refractivity contribution in [3.05, 3.63) is 69.3 Å². The molecule has 0 aliphatic carbocycles. The van der Waals surface area contributed by atoms with Crippen LogP contribution in [0.2, 0.25) is 0 Å². The second-order valence-corrected chi connectivity index (χ2v) is 8.30. The number of hydrogen-bond donors (Lipinski definition) is 1. The predicted octanol–water partition coefficient (Wildman–Crippen LogP) is 1.60. The van der Waals surface area contributed by atoms with E-state index in [9.17, 15) is 15.2 Å². The minimum absolute atomic E-state index is 0.000909. The van der Waals surface area contributed by atoms with E-state index < -0.39 is 0 Å². The lowest BCUT2D eigenvalue weighted by molar-refractivity contribution is -0.385. The Hall–Kier alpha value is -3.70. The molecule has 3 aromatic rings. The lowest BCUT2D eigenvalue weighted by atomic mass is 9.98. The van der Waals surface area contributed by atoms with Gasteiger partial charge in [-0.25, -0.2) is 0 Å². The van der Waals surface area contributed by atoms with Gasteiger partial charge >= 0.3 is 0 Å². The molecule has 0 amide bonds. The number of aliphatic imine (C=N–C) groups is 1. The average Bonchev–Trinajstić information content (AvgIpc) is 3.21. The molecule has 0 atom stereocenters. The molecule has 1 fully saturated rings. The van der Waals surface area contributed by atoms with Crippen molar-refractivity contribution < 1.29 is 10.0 Å². The summed E-state index contributed by atoms with van der Waals surface area (Å²) in [4.78, 5) is 25.4. The fourth-order valence-electron chi connectivity index (χ4n) is 4.55. The number of β-amino-alcohol motifs (C(OH)–C–C–N with tert-alkyl or cyclic N) is 1. The third-order valence-electron chi connectivity index (χ3n) is 6.31. The van der Waals surface area contributed by atoms with Gasteiger partial charge in [-0.05, 0) is 30.2 Å². The van der Waals surface area contributed by atoms with Gasteiger partial charge in [0.2, 0.25) is 5.95 Å². The molecule has 2 aliphatic heterocycles. The molecule has 2 aliphatic rings. The average molecular weight is 463 g/mol. The first-order valence-corrected chi connectivity index (χ1v) is 11.4. The van der Waals surface area contributed by atoms with Crippen LogP contribution in [-0.2, 0) is 13.0 Å². The first kappa shape index (κ1) is 22.1. The number of piperazine rings is 1. The number of rotatable bonds is 6. The molecule has 176 valence electrons. The van der Waals surface area contributed by atoms with E-state index in [4.69, 9.17) is 4.99 Å². The number of benzene rings is 1. The highest BCUT2D eigenvalue weighted by molar-refractivity contribution is 6.16. The maximum Gasteiger partial charge on any atom is 0.281 e. The van der Waals surface area contributed by atoms with Crippen molar-refractivity contribution in [2.75, 3.05) is 44.2 Å². The highest BCUT2D eigenvalue weighted by Crippen LogP contribution is 2.35. The van der Waals surface area contributed by atoms with Gasteiger partial charge in [0.25, 0.3) is 5.69 Å². The van der Waals surface area contributed by atoms with Crippen molar-refractivity contribution in [3.63, 3.8) is 0 Å². The number of anilines is 1. The van der Waals surface area contributed by atoms with E-state index in [1.807, 2.05) is 29.7 Å². The van der Waals surface area contributed by atoms with Crippen LogP contribution in [0.5, 0.6) is 0 Å². The molecule has 0 bridgehead atoms. The normalized spacial score (nSPS) is 15.9. The zero-order chi connectivity index (χ0) is 23.7. The second-order valence-electron chi connectivity index (χ2n) is 8.30. The third-order valence-corrected chi connectivity index (χ3v) is 6.31. The zero-order valence-corrected chi connectivity index (χ0v) is 19.0. The summed E-state index contributed by atoms with van der Waals surface area (Å²) < 4.78 is 1.92. The van der Waals surface area contributed by atoms with Crippen LogP contribution in [0.4, 0.5) is 11.6 Å². The van der Waals surface area contributed by atoms with E-state index in [1.54, 1.807) is 18.3 Å². The lowest BCUT2D eigenvalue weighted by Crippen LogP contribution is -2.48. The Bertz CT molecular complexity index is 1230. The fourth-order valence-corrected chi connectivity index (χ4v) is 4.55. The molecule has 1 N–H and O–H groups in total. The summed E-state index contributed by atoms with van der Waals surface area (Å²) in [6.45, 7) is 6.00. The Morgan fingerprint density at radius 3 is 2.65 bits per heavy atom. The first-order valence-electron chi connectivity index (χ1n) is 11.4. The molecular formula is C23H26N8O3. The Kier molecular flexibility index (Phi) is 6.03. The maximum absolute atomic E-state index is 12.2. The molecule has 11 heteroatoms. The summed E-state index contributed by atoms with van der Waals surface area (Å²) in [6.07, 6.45) is 2.31. The van der Waals surface area contributed by atoms with Gasteiger partial charge in [-0.15, -0.1) is 10.2 Å². The number of aromatic nitrogens is 4. The van der Waals surface area contributed by atoms with Crippen LogP contribution in [0.3, 0.4) is 0 Å². The molecule has 1 saturated heterocycles. The van der Waals surface area contributed by atoms with Crippen LogP contribution >= 0.6 is 0 Å². The standard InChI is InChI=1S/C23H26N8O3/c1-2-16-13-18-21(19(14-16)31(33)34)22(17-5-3-4-6-24-17)25-15-20-26-27-23(30(18)20)29-9-7-28(8-10-29)11-12-32/h3-6,13-14,32H,2,7-12,15H2,1H3. The van der Waals surface area contributed by atoms with Crippen molar-refractivity contribution in [2.45, 2.75) is 19.9 Å². The number of pyridine rings is 1. The second kappa shape index (κ2) is 9.27. The smallest absolute Gasteiger partial charge is 0.281 e. The number of nitrogens with zero attached hydrogens (tertiary/aromatic N) is 8. The quantitative estimate of drug-likeness (QED) is 0.432. The Morgan fingerprint density at radius 1 is 1.15 bits per heavy atom. The topological polar surface area (TPSA) is 126 Å². The number of hydrogen-bond acceptors (Lipinski definition) is 9. The van der Waals surface area contributed by atoms with Crippen molar-refractivity contribution in [1.29, 1.82) is 0 Å². The third kappa shape index (κ3) is 3.93. The Balaban J connectivity index is 1.68. The van der Waals surface area contributed by atoms with Crippen molar-refractivity contribution in [1.82, 2.24) is 24.6 Å². The molecule has 4 heterocycles. The van der Waals surface area contributed by atoms with Gasteiger partial charge in [-0.2, -0.15) is 0 Å². The zero-order valence-electron chi connectivity index (χ0n) is 19.0. The molecule has 1 aromatic carbocycles. The lowest BCUT2D eigenvalue weighted by Gasteiger charge is -2.35. The molecule has 0 spiro atoms. The van der Waals surface area contributed by atoms with E-state index in [0.717, 1.165) is 31.7 Å². The predicted molar refractivity (Wildman–Crippen MR) is 127 cm³/mol. The molecule has 5 rings (SSSR count). The highest BCUT2D eigenvalue weighted by atomic mass is 16.6. The SMILES string of the molecule is CCc1cc2c(c([N+](=O)[O-])c1)C(c1ccccn1)=NCc1nnc(N3CCN(CCO)CC3)n1-2. The fraction of sp³-hybridized carbons (Fsp3) is 0.391. The van der Waals surface area contributed by atoms with Gasteiger partial charge in [0.15, 0.2) is 5.82 Å². The van der Waals surface area contributed by atoms with Crippen LogP contribution in [0, 0.1) is 10.1 Å². The number of aliphatic hydroxyl groups is 1. The molecule has 0 saturated carbocycles. The van der Waals surface area contributed by atoms with Gasteiger partial charge in [0, 0.05) is 45.0 Å². The van der Waals surface area contributed by atoms with Crippen molar-refractivity contribution in [2.24, 2.45) is 4.99 Å². The molecule has 0 unspecified atom stereocenters. The van der Waals surface area contributed by atoms with Crippen LogP contribution < -0.4 is 4.90 Å². The number of nitro benzene ring substituents is 1. The van der Waals surface area contributed by atoms with Gasteiger partial charge in [-0.1, -0.05) is 13.0 Å². The first-order chi connectivity index (χ1) is 16.6. The van der Waals surface area contributed by atoms with Crippen LogP contribution in [0.1, 0.15) is 29.6 Å². The molecule has 2 aromatic heterocycles. The van der Waals surface area contributed by atoms with E-state index in [2.05, 4.69) is 25.0 Å². The van der Waals surface area contributed by atoms with E-state index in [0.29, 0.717) is 47.4 Å². The summed E-state index contributed by atoms with van der Waals surface area (Å²) in [5.74, 6) is 1.28. The number of aliphatic hydroxyl groups excluding tert-OH is 1. The largest absolute Gasteiger partial charge is 0.395 e. The van der Waals surface area contributed by atoms with Crippen LogP contribution in [0.25, 0.3) is 5.69 Å². The maximum atomic E-state index is 12.2. The highest BCUT2D eigenvalue weighted by Gasteiger charge is 2.32. The van der Waals surface area contributed by atoms with E-state index in [1.165, 1.54) is 0 Å². The number of fused-ring (bicyclic) bond motifs is 3. The van der Waals surface area contributed by atoms with Crippen LogP contribution in [-0.4, -0.2) is 79.7 Å². The van der Waals surface area contributed by atoms with Crippen molar-refractivity contribution >= 4 is 17.3 Å². The summed E-state index contributed by atoms with van der Waals surface area (Å²) in [6, 6.07) is 9.07. The van der Waals surface area contributed by atoms with Gasteiger partial charge < -0.3 is 10.0 Å². The Morgan fingerprint density at radius 2 is 1.97 bits per heavy atom. The van der Waals surface area contributed by atoms with E-state index >= 15 is 0 Å². The van der Waals surface area contributed by atoms with Gasteiger partial charge in [0.1, 0.15) is 12.1 Å². The molecule has 11 nitrogen and oxygen atoms in total. The van der Waals surface area contributed by atoms with Gasteiger partial charge in [-0.3, -0.25) is 29.6 Å². The summed E-state index contributed by atoms with van der Waals surface area (Å²) in [5, 5.41) is 30.4. The van der Waals surface area contributed by atoms with E-state index in [-0.39, 0.29) is 23.8 Å². The van der Waals surface area contributed by atoms with Gasteiger partial charge in [0.05, 0.1) is 28.6 Å². The monoisotopic (exact) mass is 462 g/mol. The Labute approximate surface area is 196 Å². The number of nitro groups is 1. The minimum Gasteiger partial charge on any atom is -0.395 e. The summed E-state index contributed by atoms with van der Waals surface area (Å²) >= 11 is 0. The van der Waals surface area contributed by atoms with Crippen molar-refractivity contribution in [3.8, 4) is 5.69 Å². The molecular weight excluding hydrogens is 436 g/mol. The molecule has 34 heavy (non-hydrogen) atoms. The van der Waals surface area contributed by atoms with Crippen LogP contribution in [0.15, 0.2) is 41.5 Å². The number of aryl methyl sites for hydroxylation is 1.